The Hall–Kier alpha value is -3.75. The predicted octanol–water partition coefficient (Wildman–Crippen LogP) is 3.97. The van der Waals surface area contributed by atoms with Crippen molar-refractivity contribution in [3.63, 3.8) is 0 Å². The van der Waals surface area contributed by atoms with Gasteiger partial charge in [-0.1, -0.05) is 6.07 Å². The second-order valence-corrected chi connectivity index (χ2v) is 9.22. The number of anilines is 3. The third-order valence-corrected chi connectivity index (χ3v) is 6.22. The highest BCUT2D eigenvalue weighted by Crippen LogP contribution is 2.36. The Morgan fingerprint density at radius 3 is 1.97 bits per heavy atom. The van der Waals surface area contributed by atoms with E-state index in [1.54, 1.807) is 6.20 Å². The van der Waals surface area contributed by atoms with Crippen LogP contribution >= 0.6 is 0 Å². The van der Waals surface area contributed by atoms with Crippen LogP contribution in [0.25, 0.3) is 28.2 Å². The van der Waals surface area contributed by atoms with Crippen LogP contribution < -0.4 is 16.0 Å². The lowest BCUT2D eigenvalue weighted by atomic mass is 10.1. The van der Waals surface area contributed by atoms with Crippen molar-refractivity contribution in [1.82, 2.24) is 29.5 Å². The summed E-state index contributed by atoms with van der Waals surface area (Å²) in [4.78, 5) is 18.5. The van der Waals surface area contributed by atoms with Crippen LogP contribution in [0.2, 0.25) is 0 Å². The summed E-state index contributed by atoms with van der Waals surface area (Å²) < 4.78 is 1.98. The zero-order chi connectivity index (χ0) is 21.8. The van der Waals surface area contributed by atoms with E-state index >= 15 is 0 Å². The standard InChI is InChI=1S/C24H25N9/c1-2-19-21(17-10-12-25-23(30-17)28-15-6-7-15)22(32-33(19)20(3-1)27-14-4-5-14)18-11-13-26-24(31-18)29-16-8-9-16/h1-3,10-16,27H,4-9H2,(H,25,28,30)(H,26,29,31). The molecule has 3 aliphatic rings. The second-order valence-electron chi connectivity index (χ2n) is 9.22. The zero-order valence-electron chi connectivity index (χ0n) is 18.2. The first-order valence-electron chi connectivity index (χ1n) is 11.8. The van der Waals surface area contributed by atoms with Gasteiger partial charge in [-0.2, -0.15) is 5.10 Å². The van der Waals surface area contributed by atoms with Gasteiger partial charge in [-0.3, -0.25) is 0 Å². The molecule has 0 spiro atoms. The molecule has 3 aliphatic carbocycles. The fourth-order valence-corrected chi connectivity index (χ4v) is 4.00. The van der Waals surface area contributed by atoms with Crippen molar-refractivity contribution in [2.45, 2.75) is 56.7 Å². The van der Waals surface area contributed by atoms with Gasteiger partial charge in [0.05, 0.1) is 22.5 Å². The summed E-state index contributed by atoms with van der Waals surface area (Å²) in [7, 11) is 0. The van der Waals surface area contributed by atoms with Crippen molar-refractivity contribution in [3.8, 4) is 22.6 Å². The Balaban J connectivity index is 1.38. The monoisotopic (exact) mass is 439 g/mol. The minimum Gasteiger partial charge on any atom is -0.367 e. The van der Waals surface area contributed by atoms with Crippen molar-refractivity contribution < 1.29 is 0 Å². The van der Waals surface area contributed by atoms with E-state index in [-0.39, 0.29) is 0 Å². The molecule has 3 N–H and O–H groups in total. The van der Waals surface area contributed by atoms with E-state index in [1.807, 2.05) is 22.8 Å². The summed E-state index contributed by atoms with van der Waals surface area (Å²) in [5.74, 6) is 2.29. The normalized spacial score (nSPS) is 17.8. The van der Waals surface area contributed by atoms with Crippen LogP contribution in [-0.2, 0) is 0 Å². The summed E-state index contributed by atoms with van der Waals surface area (Å²) in [6, 6.07) is 11.6. The van der Waals surface area contributed by atoms with Gasteiger partial charge in [0.1, 0.15) is 11.5 Å². The Labute approximate surface area is 191 Å². The average molecular weight is 440 g/mol. The van der Waals surface area contributed by atoms with Crippen LogP contribution in [0.15, 0.2) is 42.7 Å². The maximum Gasteiger partial charge on any atom is 0.223 e. The molecule has 0 aromatic carbocycles. The number of nitrogens with one attached hydrogen (secondary N) is 3. The summed E-state index contributed by atoms with van der Waals surface area (Å²) in [5, 5.41) is 15.4. The molecule has 9 heteroatoms. The Morgan fingerprint density at radius 2 is 1.30 bits per heavy atom. The molecule has 0 unspecified atom stereocenters. The smallest absolute Gasteiger partial charge is 0.223 e. The van der Waals surface area contributed by atoms with E-state index in [9.17, 15) is 0 Å². The van der Waals surface area contributed by atoms with Gasteiger partial charge in [-0.05, 0) is 62.8 Å². The van der Waals surface area contributed by atoms with E-state index in [2.05, 4.69) is 44.1 Å². The zero-order valence-corrected chi connectivity index (χ0v) is 18.2. The van der Waals surface area contributed by atoms with Crippen LogP contribution in [0.3, 0.4) is 0 Å². The van der Waals surface area contributed by atoms with E-state index in [0.29, 0.717) is 30.0 Å². The minimum absolute atomic E-state index is 0.480. The molecule has 0 radical (unpaired) electrons. The minimum atomic E-state index is 0.480. The molecule has 33 heavy (non-hydrogen) atoms. The first kappa shape index (κ1) is 18.8. The number of aromatic nitrogens is 6. The van der Waals surface area contributed by atoms with Gasteiger partial charge >= 0.3 is 0 Å². The largest absolute Gasteiger partial charge is 0.367 e. The van der Waals surface area contributed by atoms with Gasteiger partial charge in [0.2, 0.25) is 11.9 Å². The number of nitrogens with zero attached hydrogens (tertiary/aromatic N) is 6. The molecule has 3 saturated carbocycles. The molecule has 166 valence electrons. The molecular formula is C24H25N9. The molecule has 0 aliphatic heterocycles. The highest BCUT2D eigenvalue weighted by Gasteiger charge is 2.26. The lowest BCUT2D eigenvalue weighted by molar-refractivity contribution is 0.942. The third-order valence-electron chi connectivity index (χ3n) is 6.22. The average Bonchev–Trinajstić information content (AvgIpc) is 3.68. The highest BCUT2D eigenvalue weighted by molar-refractivity contribution is 5.91. The molecule has 3 fully saturated rings. The van der Waals surface area contributed by atoms with Crippen LogP contribution in [-0.4, -0.2) is 47.7 Å². The van der Waals surface area contributed by atoms with Gasteiger partial charge in [-0.15, -0.1) is 0 Å². The molecule has 9 nitrogen and oxygen atoms in total. The van der Waals surface area contributed by atoms with Crippen LogP contribution in [0.4, 0.5) is 17.7 Å². The summed E-state index contributed by atoms with van der Waals surface area (Å²) in [6.07, 6.45) is 10.7. The van der Waals surface area contributed by atoms with E-state index in [0.717, 1.165) is 34.0 Å². The molecule has 4 aromatic heterocycles. The molecule has 4 aromatic rings. The van der Waals surface area contributed by atoms with Gasteiger partial charge in [0.15, 0.2) is 0 Å². The summed E-state index contributed by atoms with van der Waals surface area (Å²) >= 11 is 0. The molecule has 0 amide bonds. The Morgan fingerprint density at radius 1 is 0.697 bits per heavy atom. The summed E-state index contributed by atoms with van der Waals surface area (Å²) in [6.45, 7) is 0. The van der Waals surface area contributed by atoms with E-state index in [1.165, 1.54) is 38.5 Å². The molecule has 0 atom stereocenters. The van der Waals surface area contributed by atoms with Crippen molar-refractivity contribution in [3.05, 3.63) is 42.7 Å². The van der Waals surface area contributed by atoms with Crippen LogP contribution in [0.5, 0.6) is 0 Å². The molecule has 0 saturated heterocycles. The maximum atomic E-state index is 5.03. The quantitative estimate of drug-likeness (QED) is 0.379. The SMILES string of the molecule is c1cc(NC2CC2)n2nc(-c3ccnc(NC4CC4)n3)c(-c3ccnc(NC4CC4)n3)c2c1. The first-order chi connectivity index (χ1) is 16.3. The number of hydrogen-bond acceptors (Lipinski definition) is 8. The second kappa shape index (κ2) is 7.40. The maximum absolute atomic E-state index is 5.03. The Bertz CT molecular complexity index is 1340. The van der Waals surface area contributed by atoms with Gasteiger partial charge in [-0.25, -0.2) is 24.5 Å². The van der Waals surface area contributed by atoms with Gasteiger partial charge < -0.3 is 16.0 Å². The number of pyridine rings is 1. The number of hydrogen-bond donors (Lipinski definition) is 3. The number of fused-ring (bicyclic) bond motifs is 1. The Kier molecular flexibility index (Phi) is 4.21. The number of rotatable bonds is 8. The van der Waals surface area contributed by atoms with Gasteiger partial charge in [0, 0.05) is 30.5 Å². The van der Waals surface area contributed by atoms with Crippen LogP contribution in [0, 0.1) is 0 Å². The highest BCUT2D eigenvalue weighted by atomic mass is 15.3. The molecule has 4 heterocycles. The van der Waals surface area contributed by atoms with Crippen molar-refractivity contribution in [1.29, 1.82) is 0 Å². The summed E-state index contributed by atoms with van der Waals surface area (Å²) in [5.41, 5.74) is 4.34. The first-order valence-corrected chi connectivity index (χ1v) is 11.8. The fraction of sp³-hybridized carbons (Fsp3) is 0.375. The van der Waals surface area contributed by atoms with Crippen molar-refractivity contribution in [2.75, 3.05) is 16.0 Å². The van der Waals surface area contributed by atoms with Crippen LogP contribution in [0.1, 0.15) is 38.5 Å². The lowest BCUT2D eigenvalue weighted by Gasteiger charge is -2.08. The van der Waals surface area contributed by atoms with Gasteiger partial charge in [0.25, 0.3) is 0 Å². The van der Waals surface area contributed by atoms with Crippen molar-refractivity contribution in [2.24, 2.45) is 0 Å². The molecule has 0 bridgehead atoms. The fourth-order valence-electron chi connectivity index (χ4n) is 4.00. The van der Waals surface area contributed by atoms with E-state index < -0.39 is 0 Å². The third kappa shape index (κ3) is 3.83. The molecular weight excluding hydrogens is 414 g/mol. The molecule has 7 rings (SSSR count). The van der Waals surface area contributed by atoms with Crippen molar-refractivity contribution >= 4 is 23.2 Å². The lowest BCUT2D eigenvalue weighted by Crippen LogP contribution is -2.06. The topological polar surface area (TPSA) is 105 Å². The predicted molar refractivity (Wildman–Crippen MR) is 127 cm³/mol. The van der Waals surface area contributed by atoms with E-state index in [4.69, 9.17) is 15.1 Å².